The van der Waals surface area contributed by atoms with Crippen LogP contribution < -0.4 is 10.6 Å². The minimum Gasteiger partial charge on any atom is -0.326 e. The number of amides is 2. The van der Waals surface area contributed by atoms with Crippen LogP contribution in [0.2, 0.25) is 0 Å². The van der Waals surface area contributed by atoms with Crippen molar-refractivity contribution >= 4 is 23.2 Å². The first-order chi connectivity index (χ1) is 10.6. The van der Waals surface area contributed by atoms with Crippen LogP contribution in [-0.4, -0.2) is 22.0 Å². The van der Waals surface area contributed by atoms with Crippen LogP contribution >= 0.6 is 0 Å². The van der Waals surface area contributed by atoms with Crippen molar-refractivity contribution in [3.05, 3.63) is 47.8 Å². The number of benzene rings is 1. The Morgan fingerprint density at radius 1 is 1.05 bits per heavy atom. The van der Waals surface area contributed by atoms with E-state index in [1.165, 1.54) is 6.92 Å². The van der Waals surface area contributed by atoms with Crippen molar-refractivity contribution in [1.82, 2.24) is 10.2 Å². The molecule has 1 aliphatic carbocycles. The molecule has 0 unspecified atom stereocenters. The molecule has 22 heavy (non-hydrogen) atoms. The van der Waals surface area contributed by atoms with Gasteiger partial charge in [-0.1, -0.05) is 6.07 Å². The van der Waals surface area contributed by atoms with E-state index < -0.39 is 0 Å². The Morgan fingerprint density at radius 2 is 1.77 bits per heavy atom. The monoisotopic (exact) mass is 296 g/mol. The molecule has 0 radical (unpaired) electrons. The van der Waals surface area contributed by atoms with Gasteiger partial charge in [-0.3, -0.25) is 9.59 Å². The predicted molar refractivity (Wildman–Crippen MR) is 82.7 cm³/mol. The normalized spacial score (nSPS) is 13.5. The van der Waals surface area contributed by atoms with Gasteiger partial charge in [0.15, 0.2) is 5.69 Å². The second-order valence-electron chi connectivity index (χ2n) is 5.33. The van der Waals surface area contributed by atoms with Crippen molar-refractivity contribution in [1.29, 1.82) is 0 Å². The van der Waals surface area contributed by atoms with Crippen molar-refractivity contribution in [3.63, 3.8) is 0 Å². The lowest BCUT2D eigenvalue weighted by Crippen LogP contribution is -2.15. The zero-order valence-corrected chi connectivity index (χ0v) is 12.2. The van der Waals surface area contributed by atoms with Gasteiger partial charge >= 0.3 is 0 Å². The maximum atomic E-state index is 12.1. The van der Waals surface area contributed by atoms with Crippen LogP contribution in [0.25, 0.3) is 0 Å². The van der Waals surface area contributed by atoms with Gasteiger partial charge in [0, 0.05) is 24.2 Å². The number of aromatic nitrogens is 2. The second-order valence-corrected chi connectivity index (χ2v) is 5.33. The van der Waals surface area contributed by atoms with Crippen molar-refractivity contribution in [3.8, 4) is 0 Å². The molecule has 1 fully saturated rings. The van der Waals surface area contributed by atoms with E-state index in [2.05, 4.69) is 20.8 Å². The van der Waals surface area contributed by atoms with Crippen LogP contribution in [0.1, 0.15) is 41.9 Å². The lowest BCUT2D eigenvalue weighted by molar-refractivity contribution is -0.114. The summed E-state index contributed by atoms with van der Waals surface area (Å²) in [6.07, 6.45) is 2.30. The highest BCUT2D eigenvalue weighted by atomic mass is 16.2. The lowest BCUT2D eigenvalue weighted by atomic mass is 10.2. The van der Waals surface area contributed by atoms with Gasteiger partial charge in [-0.15, -0.1) is 5.10 Å². The molecule has 6 nitrogen and oxygen atoms in total. The van der Waals surface area contributed by atoms with Gasteiger partial charge in [0.2, 0.25) is 5.91 Å². The van der Waals surface area contributed by atoms with Gasteiger partial charge in [0.05, 0.1) is 5.69 Å². The van der Waals surface area contributed by atoms with Crippen molar-refractivity contribution < 1.29 is 9.59 Å². The topological polar surface area (TPSA) is 84.0 Å². The van der Waals surface area contributed by atoms with Crippen LogP contribution in [0.4, 0.5) is 11.4 Å². The molecule has 1 saturated carbocycles. The summed E-state index contributed by atoms with van der Waals surface area (Å²) in [7, 11) is 0. The SMILES string of the molecule is CC(=O)Nc1cccc(NC(=O)c2ccc(C3CC3)nn2)c1. The van der Waals surface area contributed by atoms with Gasteiger partial charge in [0.25, 0.3) is 5.91 Å². The second kappa shape index (κ2) is 5.93. The van der Waals surface area contributed by atoms with Gasteiger partial charge < -0.3 is 10.6 Å². The Kier molecular flexibility index (Phi) is 3.82. The first kappa shape index (κ1) is 14.2. The molecule has 112 valence electrons. The Balaban J connectivity index is 1.69. The Labute approximate surface area is 128 Å². The molecular weight excluding hydrogens is 280 g/mol. The third kappa shape index (κ3) is 3.46. The number of carbonyl (C=O) groups excluding carboxylic acids is 2. The molecule has 2 aromatic rings. The average molecular weight is 296 g/mol. The van der Waals surface area contributed by atoms with Gasteiger partial charge in [-0.25, -0.2) is 0 Å². The standard InChI is InChI=1S/C16H16N4O2/c1-10(21)17-12-3-2-4-13(9-12)18-16(22)15-8-7-14(19-20-15)11-5-6-11/h2-4,7-9,11H,5-6H2,1H3,(H,17,21)(H,18,22). The molecule has 0 atom stereocenters. The fourth-order valence-corrected chi connectivity index (χ4v) is 2.13. The maximum Gasteiger partial charge on any atom is 0.276 e. The van der Waals surface area contributed by atoms with E-state index in [-0.39, 0.29) is 17.5 Å². The number of nitrogens with zero attached hydrogens (tertiary/aromatic N) is 2. The minimum atomic E-state index is -0.324. The molecule has 0 bridgehead atoms. The largest absolute Gasteiger partial charge is 0.326 e. The smallest absolute Gasteiger partial charge is 0.276 e. The third-order valence-electron chi connectivity index (χ3n) is 3.35. The molecule has 1 heterocycles. The van der Waals surface area contributed by atoms with Gasteiger partial charge in [-0.2, -0.15) is 5.10 Å². The first-order valence-electron chi connectivity index (χ1n) is 7.14. The van der Waals surface area contributed by atoms with Crippen LogP contribution in [0, 0.1) is 0 Å². The first-order valence-corrected chi connectivity index (χ1v) is 7.14. The van der Waals surface area contributed by atoms with Gasteiger partial charge in [0.1, 0.15) is 0 Å². The van der Waals surface area contributed by atoms with Crippen molar-refractivity contribution in [2.75, 3.05) is 10.6 Å². The number of rotatable bonds is 4. The molecule has 0 aliphatic heterocycles. The summed E-state index contributed by atoms with van der Waals surface area (Å²) >= 11 is 0. The molecule has 0 spiro atoms. The summed E-state index contributed by atoms with van der Waals surface area (Å²) in [5, 5.41) is 13.5. The number of hydrogen-bond donors (Lipinski definition) is 2. The summed E-state index contributed by atoms with van der Waals surface area (Å²) in [5.41, 5.74) is 2.43. The third-order valence-corrected chi connectivity index (χ3v) is 3.35. The van der Waals surface area contributed by atoms with Crippen molar-refractivity contribution in [2.24, 2.45) is 0 Å². The Hall–Kier alpha value is -2.76. The van der Waals surface area contributed by atoms with E-state index in [1.54, 1.807) is 30.3 Å². The lowest BCUT2D eigenvalue weighted by Gasteiger charge is -2.07. The Bertz CT molecular complexity index is 708. The fourth-order valence-electron chi connectivity index (χ4n) is 2.13. The van der Waals surface area contributed by atoms with E-state index in [0.717, 1.165) is 18.5 Å². The van der Waals surface area contributed by atoms with Crippen molar-refractivity contribution in [2.45, 2.75) is 25.7 Å². The number of anilines is 2. The predicted octanol–water partition coefficient (Wildman–Crippen LogP) is 2.56. The highest BCUT2D eigenvalue weighted by Crippen LogP contribution is 2.38. The summed E-state index contributed by atoms with van der Waals surface area (Å²) in [4.78, 5) is 23.2. The van der Waals surface area contributed by atoms with E-state index in [1.807, 2.05) is 6.07 Å². The molecule has 6 heteroatoms. The van der Waals surface area contributed by atoms with Crippen LogP contribution in [0.15, 0.2) is 36.4 Å². The van der Waals surface area contributed by atoms with E-state index in [9.17, 15) is 9.59 Å². The number of nitrogens with one attached hydrogen (secondary N) is 2. The average Bonchev–Trinajstić information content (AvgIpc) is 3.32. The molecule has 1 aromatic heterocycles. The highest BCUT2D eigenvalue weighted by molar-refractivity contribution is 6.03. The zero-order valence-electron chi connectivity index (χ0n) is 12.2. The van der Waals surface area contributed by atoms with E-state index in [4.69, 9.17) is 0 Å². The molecule has 1 aliphatic rings. The van der Waals surface area contributed by atoms with Crippen LogP contribution in [0.5, 0.6) is 0 Å². The molecule has 2 N–H and O–H groups in total. The summed E-state index contributed by atoms with van der Waals surface area (Å²) in [5.74, 6) is 0.0266. The molecule has 2 amide bonds. The minimum absolute atomic E-state index is 0.162. The zero-order chi connectivity index (χ0) is 15.5. The highest BCUT2D eigenvalue weighted by Gasteiger charge is 2.25. The summed E-state index contributed by atoms with van der Waals surface area (Å²) < 4.78 is 0. The Morgan fingerprint density at radius 3 is 2.36 bits per heavy atom. The fraction of sp³-hybridized carbons (Fsp3) is 0.250. The molecule has 0 saturated heterocycles. The maximum absolute atomic E-state index is 12.1. The number of hydrogen-bond acceptors (Lipinski definition) is 4. The van der Waals surface area contributed by atoms with Crippen LogP contribution in [-0.2, 0) is 4.79 Å². The van der Waals surface area contributed by atoms with E-state index in [0.29, 0.717) is 17.3 Å². The molecule has 1 aromatic carbocycles. The summed E-state index contributed by atoms with van der Waals surface area (Å²) in [6, 6.07) is 10.5. The summed E-state index contributed by atoms with van der Waals surface area (Å²) in [6.45, 7) is 1.43. The molecular formula is C16H16N4O2. The van der Waals surface area contributed by atoms with Gasteiger partial charge in [-0.05, 0) is 43.2 Å². The van der Waals surface area contributed by atoms with E-state index >= 15 is 0 Å². The molecule has 3 rings (SSSR count). The van der Waals surface area contributed by atoms with Crippen LogP contribution in [0.3, 0.4) is 0 Å². The number of carbonyl (C=O) groups is 2. The quantitative estimate of drug-likeness (QED) is 0.908.